The van der Waals surface area contributed by atoms with E-state index in [0.29, 0.717) is 18.9 Å². The van der Waals surface area contributed by atoms with Crippen LogP contribution in [-0.4, -0.2) is 28.2 Å². The largest absolute Gasteiger partial charge is 0.338 e. The summed E-state index contributed by atoms with van der Waals surface area (Å²) in [6.07, 6.45) is 0.574. The van der Waals surface area contributed by atoms with Crippen molar-refractivity contribution in [3.8, 4) is 0 Å². The molecular weight excluding hydrogens is 270 g/mol. The number of hydrogen-bond donors (Lipinski definition) is 0. The first-order valence-electron chi connectivity index (χ1n) is 6.92. The maximum absolute atomic E-state index is 12.0. The van der Waals surface area contributed by atoms with Gasteiger partial charge in [-0.05, 0) is 25.3 Å². The molecule has 0 spiro atoms. The van der Waals surface area contributed by atoms with Crippen LogP contribution in [0.4, 0.5) is 0 Å². The summed E-state index contributed by atoms with van der Waals surface area (Å²) in [5, 5.41) is 0.130. The van der Waals surface area contributed by atoms with E-state index in [0.717, 1.165) is 12.3 Å². The standard InChI is InChI=1S/C16H21NO2S/c1-11-4-12(2)6-14(5-11)8-17-9-15(7-16(17)19)10-20-13(3)18/h4-6,15H,7-10H2,1-3H3. The summed E-state index contributed by atoms with van der Waals surface area (Å²) in [6.45, 7) is 7.19. The summed E-state index contributed by atoms with van der Waals surface area (Å²) in [5.41, 5.74) is 3.65. The van der Waals surface area contributed by atoms with Crippen LogP contribution in [0.15, 0.2) is 18.2 Å². The van der Waals surface area contributed by atoms with E-state index < -0.39 is 0 Å². The number of thioether (sulfide) groups is 1. The highest BCUT2D eigenvalue weighted by molar-refractivity contribution is 8.13. The van der Waals surface area contributed by atoms with Crippen LogP contribution in [0.2, 0.25) is 0 Å². The number of benzene rings is 1. The molecule has 2 rings (SSSR count). The van der Waals surface area contributed by atoms with Crippen molar-refractivity contribution in [3.05, 3.63) is 34.9 Å². The molecule has 0 aromatic heterocycles. The Hall–Kier alpha value is -1.29. The van der Waals surface area contributed by atoms with Gasteiger partial charge in [0.05, 0.1) is 0 Å². The van der Waals surface area contributed by atoms with Crippen molar-refractivity contribution in [1.29, 1.82) is 0 Å². The third-order valence-corrected chi connectivity index (χ3v) is 4.52. The van der Waals surface area contributed by atoms with Gasteiger partial charge in [0.1, 0.15) is 0 Å². The molecule has 108 valence electrons. The van der Waals surface area contributed by atoms with Crippen molar-refractivity contribution in [2.24, 2.45) is 5.92 Å². The van der Waals surface area contributed by atoms with Gasteiger partial charge in [0.2, 0.25) is 5.91 Å². The topological polar surface area (TPSA) is 37.4 Å². The minimum atomic E-state index is 0.130. The lowest BCUT2D eigenvalue weighted by Gasteiger charge is -2.17. The monoisotopic (exact) mass is 291 g/mol. The van der Waals surface area contributed by atoms with Gasteiger partial charge < -0.3 is 4.90 Å². The molecule has 0 N–H and O–H groups in total. The molecule has 1 fully saturated rings. The van der Waals surface area contributed by atoms with Gasteiger partial charge in [-0.2, -0.15) is 0 Å². The molecule has 1 atom stereocenters. The number of nitrogens with zero attached hydrogens (tertiary/aromatic N) is 1. The van der Waals surface area contributed by atoms with Gasteiger partial charge in [0, 0.05) is 32.2 Å². The van der Waals surface area contributed by atoms with Crippen LogP contribution in [0.25, 0.3) is 0 Å². The summed E-state index contributed by atoms with van der Waals surface area (Å²) >= 11 is 1.33. The van der Waals surface area contributed by atoms with Gasteiger partial charge in [0.25, 0.3) is 0 Å². The van der Waals surface area contributed by atoms with E-state index in [1.54, 1.807) is 6.92 Å². The Morgan fingerprint density at radius 3 is 2.55 bits per heavy atom. The van der Waals surface area contributed by atoms with Crippen molar-refractivity contribution in [1.82, 2.24) is 4.90 Å². The van der Waals surface area contributed by atoms with Crippen LogP contribution in [0, 0.1) is 19.8 Å². The maximum Gasteiger partial charge on any atom is 0.223 e. The molecule has 3 nitrogen and oxygen atoms in total. The second-order valence-electron chi connectivity index (χ2n) is 5.64. The normalized spacial score (nSPS) is 18.6. The van der Waals surface area contributed by atoms with E-state index >= 15 is 0 Å². The number of rotatable bonds is 4. The van der Waals surface area contributed by atoms with Crippen molar-refractivity contribution < 1.29 is 9.59 Å². The lowest BCUT2D eigenvalue weighted by molar-refractivity contribution is -0.128. The van der Waals surface area contributed by atoms with E-state index in [4.69, 9.17) is 0 Å². The predicted molar refractivity (Wildman–Crippen MR) is 82.6 cm³/mol. The van der Waals surface area contributed by atoms with Crippen molar-refractivity contribution in [3.63, 3.8) is 0 Å². The van der Waals surface area contributed by atoms with Crippen molar-refractivity contribution in [2.75, 3.05) is 12.3 Å². The fraction of sp³-hybridized carbons (Fsp3) is 0.500. The van der Waals surface area contributed by atoms with Crippen molar-refractivity contribution >= 4 is 22.8 Å². The van der Waals surface area contributed by atoms with Gasteiger partial charge in [-0.3, -0.25) is 9.59 Å². The summed E-state index contributed by atoms with van der Waals surface area (Å²) < 4.78 is 0. The number of aryl methyl sites for hydroxylation is 2. The average molecular weight is 291 g/mol. The Bertz CT molecular complexity index is 507. The van der Waals surface area contributed by atoms with E-state index in [2.05, 4.69) is 32.0 Å². The van der Waals surface area contributed by atoms with Crippen LogP contribution in [0.5, 0.6) is 0 Å². The van der Waals surface area contributed by atoms with E-state index in [1.165, 1.54) is 28.5 Å². The quantitative estimate of drug-likeness (QED) is 0.856. The number of carbonyl (C=O) groups is 2. The zero-order valence-electron chi connectivity index (χ0n) is 12.3. The van der Waals surface area contributed by atoms with Crippen LogP contribution < -0.4 is 0 Å². The minimum Gasteiger partial charge on any atom is -0.338 e. The number of hydrogen-bond acceptors (Lipinski definition) is 3. The van der Waals surface area contributed by atoms with Crippen LogP contribution in [-0.2, 0) is 16.1 Å². The average Bonchev–Trinajstić information content (AvgIpc) is 2.66. The molecule has 20 heavy (non-hydrogen) atoms. The Morgan fingerprint density at radius 1 is 1.30 bits per heavy atom. The highest BCUT2D eigenvalue weighted by atomic mass is 32.2. The number of carbonyl (C=O) groups excluding carboxylic acids is 2. The zero-order chi connectivity index (χ0) is 14.7. The van der Waals surface area contributed by atoms with Gasteiger partial charge in [-0.25, -0.2) is 0 Å². The zero-order valence-corrected chi connectivity index (χ0v) is 13.1. The molecule has 1 aliphatic rings. The van der Waals surface area contributed by atoms with Crippen LogP contribution in [0.1, 0.15) is 30.0 Å². The first kappa shape index (κ1) is 15.1. The fourth-order valence-electron chi connectivity index (χ4n) is 2.73. The van der Waals surface area contributed by atoms with Gasteiger partial charge >= 0.3 is 0 Å². The van der Waals surface area contributed by atoms with E-state index in [-0.39, 0.29) is 11.0 Å². The second-order valence-corrected chi connectivity index (χ2v) is 6.84. The SMILES string of the molecule is CC(=O)SCC1CC(=O)N(Cc2cc(C)cc(C)c2)C1. The van der Waals surface area contributed by atoms with Gasteiger partial charge in [-0.15, -0.1) is 0 Å². The third kappa shape index (κ3) is 4.10. The number of amides is 1. The second kappa shape index (κ2) is 6.44. The molecule has 1 saturated heterocycles. The molecule has 1 heterocycles. The molecule has 4 heteroatoms. The molecule has 1 aromatic rings. The summed E-state index contributed by atoms with van der Waals surface area (Å²) in [7, 11) is 0. The molecule has 1 amide bonds. The lowest BCUT2D eigenvalue weighted by Crippen LogP contribution is -2.24. The Morgan fingerprint density at radius 2 is 1.95 bits per heavy atom. The van der Waals surface area contributed by atoms with E-state index in [9.17, 15) is 9.59 Å². The molecule has 1 unspecified atom stereocenters. The Labute approximate surface area is 124 Å². The molecular formula is C16H21NO2S. The van der Waals surface area contributed by atoms with E-state index in [1.807, 2.05) is 4.90 Å². The smallest absolute Gasteiger partial charge is 0.223 e. The maximum atomic E-state index is 12.0. The molecule has 0 bridgehead atoms. The first-order valence-corrected chi connectivity index (χ1v) is 7.91. The number of likely N-dealkylation sites (tertiary alicyclic amines) is 1. The third-order valence-electron chi connectivity index (χ3n) is 3.47. The first-order chi connectivity index (χ1) is 9.44. The summed E-state index contributed by atoms with van der Waals surface area (Å²) in [4.78, 5) is 24.9. The molecule has 0 saturated carbocycles. The van der Waals surface area contributed by atoms with Crippen LogP contribution in [0.3, 0.4) is 0 Å². The molecule has 1 aromatic carbocycles. The highest BCUT2D eigenvalue weighted by Gasteiger charge is 2.29. The Balaban J connectivity index is 1.96. The minimum absolute atomic E-state index is 0.130. The highest BCUT2D eigenvalue weighted by Crippen LogP contribution is 2.24. The lowest BCUT2D eigenvalue weighted by atomic mass is 10.1. The molecule has 1 aliphatic heterocycles. The Kier molecular flexibility index (Phi) is 4.86. The van der Waals surface area contributed by atoms with Crippen LogP contribution >= 0.6 is 11.8 Å². The van der Waals surface area contributed by atoms with Gasteiger partial charge in [0.15, 0.2) is 5.12 Å². The fourth-order valence-corrected chi connectivity index (χ4v) is 3.43. The molecule has 0 aliphatic carbocycles. The summed E-state index contributed by atoms with van der Waals surface area (Å²) in [5.74, 6) is 1.27. The molecule has 0 radical (unpaired) electrons. The van der Waals surface area contributed by atoms with Crippen molar-refractivity contribution in [2.45, 2.75) is 33.7 Å². The summed E-state index contributed by atoms with van der Waals surface area (Å²) in [6, 6.07) is 6.41. The predicted octanol–water partition coefficient (Wildman–Crippen LogP) is 2.93. The van der Waals surface area contributed by atoms with Gasteiger partial charge in [-0.1, -0.05) is 41.1 Å².